The van der Waals surface area contributed by atoms with Gasteiger partial charge in [0.05, 0.1) is 11.8 Å². The lowest BCUT2D eigenvalue weighted by Crippen LogP contribution is -2.34. The number of likely N-dealkylation sites (tertiary alicyclic amines) is 1. The van der Waals surface area contributed by atoms with E-state index in [9.17, 15) is 15.0 Å². The minimum Gasteiger partial charge on any atom is -0.506 e. The molecule has 2 aliphatic carbocycles. The fraction of sp³-hybridized carbons (Fsp3) is 0.357. The number of pyridine rings is 1. The molecule has 2 unspecified atom stereocenters. The van der Waals surface area contributed by atoms with Gasteiger partial charge >= 0.3 is 0 Å². The molecule has 3 aliphatic rings. The number of fused-ring (bicyclic) bond motifs is 2. The molecular formula is C28H28N2O3. The second-order valence-electron chi connectivity index (χ2n) is 9.94. The van der Waals surface area contributed by atoms with E-state index in [1.165, 1.54) is 41.2 Å². The first-order valence-electron chi connectivity index (χ1n) is 11.8. The molecule has 1 aliphatic heterocycles. The average Bonchev–Trinajstić information content (AvgIpc) is 3.54. The summed E-state index contributed by atoms with van der Waals surface area (Å²) in [4.78, 5) is 19.2. The summed E-state index contributed by atoms with van der Waals surface area (Å²) in [5.74, 6) is 0.640. The van der Waals surface area contributed by atoms with E-state index in [2.05, 4.69) is 47.4 Å². The maximum absolute atomic E-state index is 13.1. The highest BCUT2D eigenvalue weighted by Gasteiger charge is 2.49. The van der Waals surface area contributed by atoms with Gasteiger partial charge < -0.3 is 15.1 Å². The minimum atomic E-state index is -0.517. The van der Waals surface area contributed by atoms with E-state index in [1.54, 1.807) is 13.0 Å². The van der Waals surface area contributed by atoms with Crippen LogP contribution in [0.3, 0.4) is 0 Å². The topological polar surface area (TPSA) is 73.7 Å². The van der Waals surface area contributed by atoms with Crippen LogP contribution in [0.1, 0.15) is 70.6 Å². The Morgan fingerprint density at radius 1 is 1.09 bits per heavy atom. The van der Waals surface area contributed by atoms with Crippen molar-refractivity contribution < 1.29 is 15.0 Å². The Balaban J connectivity index is 1.30. The summed E-state index contributed by atoms with van der Waals surface area (Å²) in [5, 5.41) is 20.8. The highest BCUT2D eigenvalue weighted by molar-refractivity contribution is 5.93. The third kappa shape index (κ3) is 3.34. The zero-order valence-electron chi connectivity index (χ0n) is 18.8. The number of hydrogen-bond donors (Lipinski definition) is 2. The molecule has 6 rings (SSSR count). The van der Waals surface area contributed by atoms with Gasteiger partial charge in [0.25, 0.3) is 5.91 Å². The van der Waals surface area contributed by atoms with Gasteiger partial charge in [-0.25, -0.2) is 4.98 Å². The number of rotatable bonds is 3. The Labute approximate surface area is 193 Å². The van der Waals surface area contributed by atoms with Crippen LogP contribution in [0, 0.1) is 6.92 Å². The van der Waals surface area contributed by atoms with Crippen LogP contribution >= 0.6 is 0 Å². The average molecular weight is 441 g/mol. The molecule has 3 aromatic rings. The van der Waals surface area contributed by atoms with Crippen molar-refractivity contribution >= 4 is 5.91 Å². The van der Waals surface area contributed by atoms with Crippen molar-refractivity contribution in [3.8, 4) is 16.9 Å². The zero-order valence-corrected chi connectivity index (χ0v) is 18.8. The van der Waals surface area contributed by atoms with Crippen LogP contribution in [0.2, 0.25) is 0 Å². The number of carbonyl (C=O) groups excluding carboxylic acids is 1. The first-order chi connectivity index (χ1) is 15.9. The van der Waals surface area contributed by atoms with Gasteiger partial charge in [-0.1, -0.05) is 36.4 Å². The van der Waals surface area contributed by atoms with Crippen LogP contribution in [0.15, 0.2) is 54.6 Å². The summed E-state index contributed by atoms with van der Waals surface area (Å²) in [6.45, 7) is 2.91. The first-order valence-corrected chi connectivity index (χ1v) is 11.8. The fourth-order valence-electron chi connectivity index (χ4n) is 5.86. The van der Waals surface area contributed by atoms with Gasteiger partial charge in [-0.3, -0.25) is 4.79 Å². The number of nitrogens with zero attached hydrogens (tertiary/aromatic N) is 2. The van der Waals surface area contributed by atoms with Crippen molar-refractivity contribution in [2.75, 3.05) is 13.1 Å². The van der Waals surface area contributed by atoms with E-state index < -0.39 is 6.10 Å². The van der Waals surface area contributed by atoms with Crippen molar-refractivity contribution in [1.82, 2.24) is 9.88 Å². The molecule has 168 valence electrons. The summed E-state index contributed by atoms with van der Waals surface area (Å²) in [5.41, 5.74) is 6.62. The maximum Gasteiger partial charge on any atom is 0.272 e. The summed E-state index contributed by atoms with van der Waals surface area (Å²) in [6, 6.07) is 18.3. The molecule has 1 spiro atoms. The number of aromatic nitrogens is 1. The van der Waals surface area contributed by atoms with E-state index in [-0.39, 0.29) is 17.1 Å². The van der Waals surface area contributed by atoms with Crippen molar-refractivity contribution in [2.24, 2.45) is 0 Å². The summed E-state index contributed by atoms with van der Waals surface area (Å²) in [7, 11) is 0. The zero-order chi connectivity index (χ0) is 22.7. The smallest absolute Gasteiger partial charge is 0.272 e. The molecule has 1 aromatic heterocycles. The number of hydrogen-bond acceptors (Lipinski definition) is 4. The third-order valence-corrected chi connectivity index (χ3v) is 7.77. The summed E-state index contributed by atoms with van der Waals surface area (Å²) < 4.78 is 0. The largest absolute Gasteiger partial charge is 0.506 e. The highest BCUT2D eigenvalue weighted by Crippen LogP contribution is 2.52. The highest BCUT2D eigenvalue weighted by atomic mass is 16.3. The van der Waals surface area contributed by atoms with E-state index in [0.717, 1.165) is 12.0 Å². The fourth-order valence-corrected chi connectivity index (χ4v) is 5.86. The SMILES string of the molecule is Cc1nc(C(=O)N2CCC3(CC(O)c4cc(-c5ccccc5C5CC5)ccc43)C2)ccc1O. The number of carbonyl (C=O) groups is 1. The van der Waals surface area contributed by atoms with Gasteiger partial charge in [0.1, 0.15) is 11.4 Å². The van der Waals surface area contributed by atoms with Crippen molar-refractivity contribution in [2.45, 2.75) is 50.0 Å². The van der Waals surface area contributed by atoms with Crippen LogP contribution < -0.4 is 0 Å². The monoisotopic (exact) mass is 440 g/mol. The lowest BCUT2D eigenvalue weighted by Gasteiger charge is -2.25. The molecular weight excluding hydrogens is 412 g/mol. The predicted molar refractivity (Wildman–Crippen MR) is 126 cm³/mol. The Morgan fingerprint density at radius 2 is 1.91 bits per heavy atom. The first kappa shape index (κ1) is 20.4. The Morgan fingerprint density at radius 3 is 2.70 bits per heavy atom. The quantitative estimate of drug-likeness (QED) is 0.610. The van der Waals surface area contributed by atoms with Gasteiger partial charge in [-0.2, -0.15) is 0 Å². The molecule has 2 aromatic carbocycles. The molecule has 2 N–H and O–H groups in total. The van der Waals surface area contributed by atoms with Crippen LogP contribution in [0.4, 0.5) is 0 Å². The Hall–Kier alpha value is -3.18. The molecule has 1 saturated heterocycles. The van der Waals surface area contributed by atoms with Crippen molar-refractivity contribution in [1.29, 1.82) is 0 Å². The predicted octanol–water partition coefficient (Wildman–Crippen LogP) is 4.86. The summed E-state index contributed by atoms with van der Waals surface area (Å²) >= 11 is 0. The lowest BCUT2D eigenvalue weighted by atomic mass is 9.80. The molecule has 1 saturated carbocycles. The molecule has 2 fully saturated rings. The number of benzene rings is 2. The van der Waals surface area contributed by atoms with Gasteiger partial charge in [0, 0.05) is 18.5 Å². The van der Waals surface area contributed by atoms with E-state index >= 15 is 0 Å². The molecule has 5 nitrogen and oxygen atoms in total. The van der Waals surface area contributed by atoms with Crippen LogP contribution in [0.5, 0.6) is 5.75 Å². The third-order valence-electron chi connectivity index (χ3n) is 7.77. The van der Waals surface area contributed by atoms with Gasteiger partial charge in [0.2, 0.25) is 0 Å². The number of amides is 1. The summed E-state index contributed by atoms with van der Waals surface area (Å²) in [6.07, 6.45) is 3.47. The number of aliphatic hydroxyl groups is 1. The molecule has 0 bridgehead atoms. The van der Waals surface area contributed by atoms with E-state index in [4.69, 9.17) is 0 Å². The van der Waals surface area contributed by atoms with Crippen LogP contribution in [0.25, 0.3) is 11.1 Å². The number of aryl methyl sites for hydroxylation is 1. The molecule has 5 heteroatoms. The Bertz CT molecular complexity index is 1270. The molecule has 2 atom stereocenters. The van der Waals surface area contributed by atoms with E-state index in [0.29, 0.717) is 36.8 Å². The van der Waals surface area contributed by atoms with Crippen LogP contribution in [-0.4, -0.2) is 39.1 Å². The van der Waals surface area contributed by atoms with Crippen LogP contribution in [-0.2, 0) is 5.41 Å². The van der Waals surface area contributed by atoms with Crippen molar-refractivity contribution in [3.63, 3.8) is 0 Å². The van der Waals surface area contributed by atoms with Crippen molar-refractivity contribution in [3.05, 3.63) is 82.7 Å². The number of aliphatic hydroxyl groups excluding tert-OH is 1. The second-order valence-corrected chi connectivity index (χ2v) is 9.94. The van der Waals surface area contributed by atoms with Gasteiger partial charge in [-0.15, -0.1) is 0 Å². The van der Waals surface area contributed by atoms with Gasteiger partial charge in [0.15, 0.2) is 0 Å². The Kier molecular flexibility index (Phi) is 4.59. The van der Waals surface area contributed by atoms with Gasteiger partial charge in [-0.05, 0) is 84.5 Å². The molecule has 0 radical (unpaired) electrons. The molecule has 2 heterocycles. The van der Waals surface area contributed by atoms with E-state index in [1.807, 2.05) is 4.90 Å². The molecule has 33 heavy (non-hydrogen) atoms. The maximum atomic E-state index is 13.1. The standard InChI is InChI=1S/C28H28N2O3/c1-17-25(31)11-10-24(29-17)27(33)30-13-12-28(16-30)15-26(32)22-14-19(8-9-23(22)28)21-5-3-2-4-20(21)18-6-7-18/h2-5,8-11,14,18,26,31-32H,6-7,12-13,15-16H2,1H3. The lowest BCUT2D eigenvalue weighted by molar-refractivity contribution is 0.0770. The molecule has 1 amide bonds. The second kappa shape index (κ2) is 7.42. The normalized spacial score (nSPS) is 23.8. The minimum absolute atomic E-state index is 0.0938. The number of aromatic hydroxyl groups is 1.